The number of carbonyl (C=O) groups is 3. The van der Waals surface area contributed by atoms with E-state index in [-0.39, 0.29) is 11.9 Å². The standard InChI is InChI=1S/C23H34N2O3/c1-4-23(2,3)21(27)22(28)25-17-11-9-15-20(25)24(18-26)16-10-8-14-19-12-6-5-7-13-19/h5-7,12-13,18,20H,4,8-11,14-17H2,1-3H3/t20-/m0/s1. The SMILES string of the molecule is CCC(C)(C)C(=O)C(=O)N1CCCC[C@H]1N(C=O)CCCCc1ccccc1. The van der Waals surface area contributed by atoms with Crippen molar-refractivity contribution in [1.82, 2.24) is 9.80 Å². The first kappa shape index (κ1) is 22.1. The first-order valence-electron chi connectivity index (χ1n) is 10.5. The summed E-state index contributed by atoms with van der Waals surface area (Å²) in [5.41, 5.74) is 0.628. The third kappa shape index (κ3) is 5.66. The Balaban J connectivity index is 1.96. The molecule has 2 rings (SSSR count). The lowest BCUT2D eigenvalue weighted by Crippen LogP contribution is -2.56. The number of aryl methyl sites for hydroxylation is 1. The number of nitrogens with zero attached hydrogens (tertiary/aromatic N) is 2. The summed E-state index contributed by atoms with van der Waals surface area (Å²) in [5.74, 6) is -0.787. The largest absolute Gasteiger partial charge is 0.325 e. The van der Waals surface area contributed by atoms with E-state index in [1.54, 1.807) is 9.80 Å². The van der Waals surface area contributed by atoms with Crippen LogP contribution >= 0.6 is 0 Å². The van der Waals surface area contributed by atoms with Gasteiger partial charge in [-0.1, -0.05) is 51.1 Å². The molecule has 0 unspecified atom stereocenters. The summed E-state index contributed by atoms with van der Waals surface area (Å²) >= 11 is 0. The highest BCUT2D eigenvalue weighted by molar-refractivity contribution is 6.38. The summed E-state index contributed by atoms with van der Waals surface area (Å²) in [7, 11) is 0. The van der Waals surface area contributed by atoms with Crippen LogP contribution in [0.25, 0.3) is 0 Å². The van der Waals surface area contributed by atoms with E-state index in [0.717, 1.165) is 44.9 Å². The van der Waals surface area contributed by atoms with Crippen LogP contribution in [0.5, 0.6) is 0 Å². The summed E-state index contributed by atoms with van der Waals surface area (Å²) in [6, 6.07) is 10.3. The Labute approximate surface area is 169 Å². The molecule has 1 fully saturated rings. The number of hydrogen-bond donors (Lipinski definition) is 0. The Morgan fingerprint density at radius 2 is 1.89 bits per heavy atom. The van der Waals surface area contributed by atoms with Crippen LogP contribution in [0.2, 0.25) is 0 Å². The molecule has 1 heterocycles. The van der Waals surface area contributed by atoms with Gasteiger partial charge in [-0.15, -0.1) is 0 Å². The van der Waals surface area contributed by atoms with Crippen molar-refractivity contribution in [3.05, 3.63) is 35.9 Å². The molecule has 0 N–H and O–H groups in total. The molecular formula is C23H34N2O3. The van der Waals surface area contributed by atoms with Gasteiger partial charge in [0.2, 0.25) is 12.2 Å². The molecule has 0 spiro atoms. The number of unbranched alkanes of at least 4 members (excludes halogenated alkanes) is 1. The van der Waals surface area contributed by atoms with Crippen LogP contribution in [0.3, 0.4) is 0 Å². The van der Waals surface area contributed by atoms with Crippen LogP contribution in [0.4, 0.5) is 0 Å². The van der Waals surface area contributed by atoms with Gasteiger partial charge in [0.25, 0.3) is 5.91 Å². The van der Waals surface area contributed by atoms with Crippen molar-refractivity contribution in [2.45, 2.75) is 71.9 Å². The zero-order valence-electron chi connectivity index (χ0n) is 17.5. The van der Waals surface area contributed by atoms with Gasteiger partial charge in [-0.25, -0.2) is 0 Å². The summed E-state index contributed by atoms with van der Waals surface area (Å²) in [5, 5.41) is 0. The molecule has 1 aromatic rings. The van der Waals surface area contributed by atoms with Crippen LogP contribution < -0.4 is 0 Å². The number of ketones is 1. The zero-order valence-corrected chi connectivity index (χ0v) is 17.5. The maximum atomic E-state index is 12.9. The molecule has 0 radical (unpaired) electrons. The zero-order chi connectivity index (χ0) is 20.6. The molecule has 0 aliphatic carbocycles. The predicted molar refractivity (Wildman–Crippen MR) is 111 cm³/mol. The van der Waals surface area contributed by atoms with Crippen LogP contribution in [0, 0.1) is 5.41 Å². The Morgan fingerprint density at radius 1 is 1.18 bits per heavy atom. The van der Waals surface area contributed by atoms with E-state index in [1.165, 1.54) is 5.56 Å². The lowest BCUT2D eigenvalue weighted by atomic mass is 9.84. The minimum Gasteiger partial charge on any atom is -0.325 e. The highest BCUT2D eigenvalue weighted by Gasteiger charge is 2.39. The van der Waals surface area contributed by atoms with Gasteiger partial charge in [0.15, 0.2) is 0 Å². The van der Waals surface area contributed by atoms with Crippen molar-refractivity contribution in [3.63, 3.8) is 0 Å². The normalized spacial score (nSPS) is 17.2. The predicted octanol–water partition coefficient (Wildman–Crippen LogP) is 3.81. The lowest BCUT2D eigenvalue weighted by molar-refractivity contribution is -0.156. The average Bonchev–Trinajstić information content (AvgIpc) is 2.73. The van der Waals surface area contributed by atoms with E-state index in [0.29, 0.717) is 19.5 Å². The fourth-order valence-electron chi connectivity index (χ4n) is 3.62. The number of rotatable bonds is 10. The molecule has 28 heavy (non-hydrogen) atoms. The number of carbonyl (C=O) groups excluding carboxylic acids is 3. The smallest absolute Gasteiger partial charge is 0.292 e. The lowest BCUT2D eigenvalue weighted by Gasteiger charge is -2.41. The molecule has 1 aromatic carbocycles. The third-order valence-corrected chi connectivity index (χ3v) is 5.92. The maximum absolute atomic E-state index is 12.9. The Bertz CT molecular complexity index is 657. The molecule has 154 valence electrons. The second-order valence-electron chi connectivity index (χ2n) is 8.33. The molecule has 5 heteroatoms. The summed E-state index contributed by atoms with van der Waals surface area (Å²) in [6.07, 6.45) is 6.58. The Hall–Kier alpha value is -2.17. The van der Waals surface area contributed by atoms with Gasteiger partial charge in [0.05, 0.1) is 0 Å². The van der Waals surface area contributed by atoms with Gasteiger partial charge in [-0.2, -0.15) is 0 Å². The highest BCUT2D eigenvalue weighted by atomic mass is 16.2. The summed E-state index contributed by atoms with van der Waals surface area (Å²) in [4.78, 5) is 40.7. The van der Waals surface area contributed by atoms with Gasteiger partial charge in [0.1, 0.15) is 6.17 Å². The monoisotopic (exact) mass is 386 g/mol. The minimum absolute atomic E-state index is 0.299. The minimum atomic E-state index is -0.666. The third-order valence-electron chi connectivity index (χ3n) is 5.92. The summed E-state index contributed by atoms with van der Waals surface area (Å²) < 4.78 is 0. The molecule has 5 nitrogen and oxygen atoms in total. The van der Waals surface area contributed by atoms with E-state index in [2.05, 4.69) is 12.1 Å². The van der Waals surface area contributed by atoms with Gasteiger partial charge < -0.3 is 9.80 Å². The van der Waals surface area contributed by atoms with Gasteiger partial charge >= 0.3 is 0 Å². The molecule has 0 aromatic heterocycles. The van der Waals surface area contributed by atoms with Crippen LogP contribution in [0.1, 0.15) is 64.9 Å². The highest BCUT2D eigenvalue weighted by Crippen LogP contribution is 2.26. The number of piperidine rings is 1. The van der Waals surface area contributed by atoms with Crippen LogP contribution in [-0.4, -0.2) is 47.2 Å². The molecule has 1 atom stereocenters. The van der Waals surface area contributed by atoms with E-state index < -0.39 is 11.3 Å². The fraction of sp³-hybridized carbons (Fsp3) is 0.609. The second kappa shape index (κ2) is 10.4. The Morgan fingerprint density at radius 3 is 2.54 bits per heavy atom. The van der Waals surface area contributed by atoms with Crippen molar-refractivity contribution in [3.8, 4) is 0 Å². The fourth-order valence-corrected chi connectivity index (χ4v) is 3.62. The van der Waals surface area contributed by atoms with Gasteiger partial charge in [0, 0.05) is 18.5 Å². The first-order chi connectivity index (χ1) is 13.4. The second-order valence-corrected chi connectivity index (χ2v) is 8.33. The topological polar surface area (TPSA) is 57.7 Å². The van der Waals surface area contributed by atoms with Crippen molar-refractivity contribution in [2.75, 3.05) is 13.1 Å². The molecule has 2 amide bonds. The number of benzene rings is 1. The van der Waals surface area contributed by atoms with Gasteiger partial charge in [-0.05, 0) is 50.5 Å². The van der Waals surface area contributed by atoms with E-state index >= 15 is 0 Å². The quantitative estimate of drug-likeness (QED) is 0.349. The molecule has 1 saturated heterocycles. The van der Waals surface area contributed by atoms with Crippen molar-refractivity contribution in [1.29, 1.82) is 0 Å². The number of Topliss-reactive ketones (excluding diaryl/α,β-unsaturated/α-hetero) is 1. The van der Waals surface area contributed by atoms with Crippen molar-refractivity contribution >= 4 is 18.1 Å². The summed E-state index contributed by atoms with van der Waals surface area (Å²) in [6.45, 7) is 6.70. The molecule has 0 saturated carbocycles. The first-order valence-corrected chi connectivity index (χ1v) is 10.5. The number of likely N-dealkylation sites (tertiary alicyclic amines) is 1. The molecule has 0 bridgehead atoms. The van der Waals surface area contributed by atoms with E-state index in [1.807, 2.05) is 39.0 Å². The molecular weight excluding hydrogens is 352 g/mol. The Kier molecular flexibility index (Phi) is 8.21. The van der Waals surface area contributed by atoms with Crippen molar-refractivity contribution < 1.29 is 14.4 Å². The number of hydrogen-bond acceptors (Lipinski definition) is 3. The van der Waals surface area contributed by atoms with Crippen molar-refractivity contribution in [2.24, 2.45) is 5.41 Å². The number of amides is 2. The molecule has 1 aliphatic heterocycles. The van der Waals surface area contributed by atoms with E-state index in [9.17, 15) is 14.4 Å². The van der Waals surface area contributed by atoms with Crippen LogP contribution in [0.15, 0.2) is 30.3 Å². The van der Waals surface area contributed by atoms with Crippen LogP contribution in [-0.2, 0) is 20.8 Å². The van der Waals surface area contributed by atoms with E-state index in [4.69, 9.17) is 0 Å². The maximum Gasteiger partial charge on any atom is 0.292 e. The van der Waals surface area contributed by atoms with Gasteiger partial charge in [-0.3, -0.25) is 14.4 Å². The molecule has 1 aliphatic rings. The average molecular weight is 387 g/mol.